The fraction of sp³-hybridized carbons (Fsp3) is 0.316. The number of hydrogen-bond donors (Lipinski definition) is 0. The van der Waals surface area contributed by atoms with Crippen LogP contribution in [0.5, 0.6) is 5.75 Å². The van der Waals surface area contributed by atoms with E-state index in [0.717, 1.165) is 25.4 Å². The number of methoxy groups -OCH3 is 1. The standard InChI is InChI=1S/C19H21N5O3/c1-27-16-7-5-15(6-8-16)14-21-10-12-22(13-11-21)18-19(24(25)26)23-9-3-2-4-17(23)20-18/h2-9H,10-14H2,1H3. The van der Waals surface area contributed by atoms with E-state index in [1.807, 2.05) is 23.1 Å². The SMILES string of the molecule is COc1ccc(CN2CCN(c3nc4ccccn4c3[N+](=O)[O-])CC2)cc1. The van der Waals surface area contributed by atoms with E-state index in [-0.39, 0.29) is 10.7 Å². The van der Waals surface area contributed by atoms with Crippen molar-refractivity contribution in [2.45, 2.75) is 6.54 Å². The van der Waals surface area contributed by atoms with Gasteiger partial charge in [0.15, 0.2) is 0 Å². The smallest absolute Gasteiger partial charge is 0.372 e. The molecule has 1 fully saturated rings. The summed E-state index contributed by atoms with van der Waals surface area (Å²) in [6.07, 6.45) is 1.68. The number of benzene rings is 1. The van der Waals surface area contributed by atoms with Gasteiger partial charge in [0, 0.05) is 38.8 Å². The average molecular weight is 367 g/mol. The van der Waals surface area contributed by atoms with Crippen molar-refractivity contribution in [3.63, 3.8) is 0 Å². The molecule has 0 unspecified atom stereocenters. The van der Waals surface area contributed by atoms with E-state index >= 15 is 0 Å². The molecule has 2 aromatic heterocycles. The molecule has 1 aliphatic heterocycles. The number of piperazine rings is 1. The van der Waals surface area contributed by atoms with Crippen LogP contribution in [-0.4, -0.2) is 52.5 Å². The van der Waals surface area contributed by atoms with Gasteiger partial charge in [0.2, 0.25) is 11.5 Å². The van der Waals surface area contributed by atoms with Gasteiger partial charge in [0.1, 0.15) is 5.75 Å². The molecule has 4 rings (SSSR count). The molecule has 0 N–H and O–H groups in total. The topological polar surface area (TPSA) is 76.2 Å². The summed E-state index contributed by atoms with van der Waals surface area (Å²) in [6.45, 7) is 3.93. The highest BCUT2D eigenvalue weighted by molar-refractivity contribution is 5.63. The molecule has 3 aromatic rings. The van der Waals surface area contributed by atoms with Crippen LogP contribution in [0.15, 0.2) is 48.7 Å². The van der Waals surface area contributed by atoms with Crippen LogP contribution in [0.2, 0.25) is 0 Å². The largest absolute Gasteiger partial charge is 0.497 e. The Balaban J connectivity index is 1.47. The second-order valence-electron chi connectivity index (χ2n) is 6.56. The molecule has 0 amide bonds. The molecular weight excluding hydrogens is 346 g/mol. The number of imidazole rings is 1. The summed E-state index contributed by atoms with van der Waals surface area (Å²) in [7, 11) is 1.66. The molecule has 140 valence electrons. The van der Waals surface area contributed by atoms with Crippen molar-refractivity contribution >= 4 is 17.3 Å². The summed E-state index contributed by atoms with van der Waals surface area (Å²) in [4.78, 5) is 20.1. The van der Waals surface area contributed by atoms with Crippen LogP contribution >= 0.6 is 0 Å². The van der Waals surface area contributed by atoms with Crippen LogP contribution in [0, 0.1) is 10.1 Å². The van der Waals surface area contributed by atoms with Crippen molar-refractivity contribution in [1.82, 2.24) is 14.3 Å². The van der Waals surface area contributed by atoms with Gasteiger partial charge in [-0.25, -0.2) is 0 Å². The lowest BCUT2D eigenvalue weighted by molar-refractivity contribution is -0.389. The van der Waals surface area contributed by atoms with Crippen LogP contribution in [0.1, 0.15) is 5.56 Å². The zero-order chi connectivity index (χ0) is 18.8. The Bertz CT molecular complexity index is 946. The molecule has 0 aliphatic carbocycles. The summed E-state index contributed by atoms with van der Waals surface area (Å²) in [5, 5.41) is 11.6. The number of hydrogen-bond acceptors (Lipinski definition) is 6. The van der Waals surface area contributed by atoms with Gasteiger partial charge in [-0.3, -0.25) is 4.90 Å². The fourth-order valence-electron chi connectivity index (χ4n) is 3.46. The van der Waals surface area contributed by atoms with Crippen LogP contribution in [0.4, 0.5) is 11.6 Å². The van der Waals surface area contributed by atoms with Gasteiger partial charge in [0.05, 0.1) is 13.3 Å². The maximum Gasteiger partial charge on any atom is 0.372 e. The molecule has 27 heavy (non-hydrogen) atoms. The zero-order valence-corrected chi connectivity index (χ0v) is 15.1. The van der Waals surface area contributed by atoms with Crippen molar-refractivity contribution in [1.29, 1.82) is 0 Å². The minimum atomic E-state index is -0.348. The quantitative estimate of drug-likeness (QED) is 0.510. The number of pyridine rings is 1. The number of fused-ring (bicyclic) bond motifs is 1. The van der Waals surface area contributed by atoms with Crippen LogP contribution in [0.25, 0.3) is 5.65 Å². The molecular formula is C19H21N5O3. The van der Waals surface area contributed by atoms with Crippen LogP contribution < -0.4 is 9.64 Å². The third-order valence-electron chi connectivity index (χ3n) is 4.90. The maximum absolute atomic E-state index is 11.6. The second-order valence-corrected chi connectivity index (χ2v) is 6.56. The molecule has 0 spiro atoms. The lowest BCUT2D eigenvalue weighted by atomic mass is 10.2. The van der Waals surface area contributed by atoms with Crippen molar-refractivity contribution in [2.24, 2.45) is 0 Å². The minimum Gasteiger partial charge on any atom is -0.497 e. The van der Waals surface area contributed by atoms with Crippen LogP contribution in [-0.2, 0) is 6.54 Å². The lowest BCUT2D eigenvalue weighted by Crippen LogP contribution is -2.46. The van der Waals surface area contributed by atoms with E-state index in [2.05, 4.69) is 22.0 Å². The maximum atomic E-state index is 11.6. The summed E-state index contributed by atoms with van der Waals surface area (Å²) in [5.74, 6) is 1.34. The summed E-state index contributed by atoms with van der Waals surface area (Å²) >= 11 is 0. The monoisotopic (exact) mass is 367 g/mol. The first-order chi connectivity index (χ1) is 13.2. The molecule has 1 aliphatic rings. The highest BCUT2D eigenvalue weighted by atomic mass is 16.6. The number of ether oxygens (including phenoxy) is 1. The van der Waals surface area contributed by atoms with Gasteiger partial charge in [-0.1, -0.05) is 18.2 Å². The normalized spacial score (nSPS) is 15.2. The molecule has 0 saturated carbocycles. The third-order valence-corrected chi connectivity index (χ3v) is 4.90. The first-order valence-corrected chi connectivity index (χ1v) is 8.87. The van der Waals surface area contributed by atoms with Gasteiger partial charge in [-0.15, -0.1) is 0 Å². The Morgan fingerprint density at radius 1 is 1.11 bits per heavy atom. The van der Waals surface area contributed by atoms with Gasteiger partial charge < -0.3 is 19.8 Å². The predicted octanol–water partition coefficient (Wildman–Crippen LogP) is 2.57. The molecule has 1 aromatic carbocycles. The van der Waals surface area contributed by atoms with Gasteiger partial charge in [0.25, 0.3) is 0 Å². The fourth-order valence-corrected chi connectivity index (χ4v) is 3.46. The lowest BCUT2D eigenvalue weighted by Gasteiger charge is -2.34. The van der Waals surface area contributed by atoms with E-state index in [0.29, 0.717) is 24.6 Å². The molecule has 0 radical (unpaired) electrons. The molecule has 0 bridgehead atoms. The number of aromatic nitrogens is 2. The Labute approximate surface area is 156 Å². The number of anilines is 1. The van der Waals surface area contributed by atoms with E-state index in [1.54, 1.807) is 29.8 Å². The highest BCUT2D eigenvalue weighted by Gasteiger charge is 2.29. The van der Waals surface area contributed by atoms with E-state index in [4.69, 9.17) is 4.74 Å². The average Bonchev–Trinajstić information content (AvgIpc) is 3.09. The molecule has 1 saturated heterocycles. The Morgan fingerprint density at radius 2 is 1.85 bits per heavy atom. The van der Waals surface area contributed by atoms with Crippen LogP contribution in [0.3, 0.4) is 0 Å². The predicted molar refractivity (Wildman–Crippen MR) is 102 cm³/mol. The molecule has 0 atom stereocenters. The molecule has 8 heteroatoms. The number of rotatable bonds is 5. The van der Waals surface area contributed by atoms with Gasteiger partial charge in [-0.05, 0) is 28.7 Å². The zero-order valence-electron chi connectivity index (χ0n) is 15.1. The van der Waals surface area contributed by atoms with E-state index in [1.165, 1.54) is 5.56 Å². The summed E-state index contributed by atoms with van der Waals surface area (Å²) < 4.78 is 6.73. The molecule has 8 nitrogen and oxygen atoms in total. The third kappa shape index (κ3) is 3.43. The van der Waals surface area contributed by atoms with Gasteiger partial charge >= 0.3 is 5.82 Å². The Kier molecular flexibility index (Phi) is 4.64. The minimum absolute atomic E-state index is 0.0363. The van der Waals surface area contributed by atoms with Crippen molar-refractivity contribution in [3.8, 4) is 5.75 Å². The summed E-state index contributed by atoms with van der Waals surface area (Å²) in [6, 6.07) is 13.5. The summed E-state index contributed by atoms with van der Waals surface area (Å²) in [5.41, 5.74) is 1.82. The Morgan fingerprint density at radius 3 is 2.52 bits per heavy atom. The van der Waals surface area contributed by atoms with Crippen molar-refractivity contribution < 1.29 is 9.66 Å². The van der Waals surface area contributed by atoms with Crippen molar-refractivity contribution in [2.75, 3.05) is 38.2 Å². The van der Waals surface area contributed by atoms with E-state index < -0.39 is 0 Å². The number of nitrogens with zero attached hydrogens (tertiary/aromatic N) is 5. The highest BCUT2D eigenvalue weighted by Crippen LogP contribution is 2.29. The first kappa shape index (κ1) is 17.3. The Hall–Kier alpha value is -3.13. The molecule has 3 heterocycles. The van der Waals surface area contributed by atoms with Gasteiger partial charge in [-0.2, -0.15) is 9.38 Å². The van der Waals surface area contributed by atoms with E-state index in [9.17, 15) is 10.1 Å². The first-order valence-electron chi connectivity index (χ1n) is 8.87. The number of nitro groups is 1. The van der Waals surface area contributed by atoms with Crippen molar-refractivity contribution in [3.05, 3.63) is 64.3 Å². The second kappa shape index (κ2) is 7.24.